The number of ether oxygens (including phenoxy) is 1. The van der Waals surface area contributed by atoms with E-state index in [0.29, 0.717) is 16.9 Å². The minimum atomic E-state index is -0.634. The van der Waals surface area contributed by atoms with Crippen LogP contribution in [-0.2, 0) is 6.42 Å². The summed E-state index contributed by atoms with van der Waals surface area (Å²) in [5.41, 5.74) is 1.68. The molecule has 25 heavy (non-hydrogen) atoms. The first kappa shape index (κ1) is 17.0. The number of rotatable bonds is 6. The quantitative estimate of drug-likeness (QED) is 0.495. The van der Waals surface area contributed by atoms with Crippen LogP contribution in [0.15, 0.2) is 63.8 Å². The van der Waals surface area contributed by atoms with Gasteiger partial charge in [-0.3, -0.25) is 4.79 Å². The molecule has 1 unspecified atom stereocenters. The summed E-state index contributed by atoms with van der Waals surface area (Å²) in [6, 6.07) is 15.9. The highest BCUT2D eigenvalue weighted by Crippen LogP contribution is 2.24. The van der Waals surface area contributed by atoms with Gasteiger partial charge in [0.15, 0.2) is 6.10 Å². The Kier molecular flexibility index (Phi) is 4.98. The molecule has 0 amide bonds. The first-order valence-electron chi connectivity index (χ1n) is 8.41. The number of Topliss-reactive ketones (excluding diaryl/α,β-unsaturated/α-hetero) is 1. The average Bonchev–Trinajstić information content (AvgIpc) is 2.61. The summed E-state index contributed by atoms with van der Waals surface area (Å²) in [5.74, 6) is 0.406. The molecule has 0 aliphatic carbocycles. The zero-order chi connectivity index (χ0) is 17.8. The van der Waals surface area contributed by atoms with Crippen molar-refractivity contribution in [3.8, 4) is 5.75 Å². The number of hydrogen-bond donors (Lipinski definition) is 0. The van der Waals surface area contributed by atoms with E-state index >= 15 is 0 Å². The molecule has 2 aromatic carbocycles. The van der Waals surface area contributed by atoms with Crippen LogP contribution in [0.2, 0.25) is 0 Å². The number of benzene rings is 2. The maximum atomic E-state index is 12.4. The predicted molar refractivity (Wildman–Crippen MR) is 97.3 cm³/mol. The highest BCUT2D eigenvalue weighted by molar-refractivity contribution is 5.99. The van der Waals surface area contributed by atoms with Gasteiger partial charge in [-0.05, 0) is 31.0 Å². The molecule has 1 aromatic heterocycles. The third-order valence-corrected chi connectivity index (χ3v) is 4.06. The van der Waals surface area contributed by atoms with E-state index in [0.717, 1.165) is 23.8 Å². The van der Waals surface area contributed by atoms with Crippen LogP contribution in [0.4, 0.5) is 0 Å². The Morgan fingerprint density at radius 1 is 1.12 bits per heavy atom. The monoisotopic (exact) mass is 336 g/mol. The van der Waals surface area contributed by atoms with Crippen molar-refractivity contribution in [2.24, 2.45) is 0 Å². The van der Waals surface area contributed by atoms with Gasteiger partial charge < -0.3 is 9.15 Å². The second-order valence-electron chi connectivity index (χ2n) is 5.99. The molecule has 0 N–H and O–H groups in total. The van der Waals surface area contributed by atoms with Gasteiger partial charge in [0.05, 0.1) is 0 Å². The number of ketones is 1. The molecular weight excluding hydrogens is 316 g/mol. The van der Waals surface area contributed by atoms with Crippen LogP contribution >= 0.6 is 0 Å². The summed E-state index contributed by atoms with van der Waals surface area (Å²) in [6.07, 6.45) is 1.12. The van der Waals surface area contributed by atoms with Crippen LogP contribution in [0.1, 0.15) is 36.2 Å². The van der Waals surface area contributed by atoms with Crippen LogP contribution in [0.25, 0.3) is 11.0 Å². The maximum absolute atomic E-state index is 12.4. The summed E-state index contributed by atoms with van der Waals surface area (Å²) in [7, 11) is 0. The standard InChI is InChI=1S/C21H20O4/c1-3-7-16-12-20(22)25-19-13-17(10-11-18(16)19)24-14(2)21(23)15-8-5-4-6-9-15/h4-6,8-14H,3,7H2,1-2H3. The van der Waals surface area contributed by atoms with Crippen molar-refractivity contribution >= 4 is 16.8 Å². The molecule has 0 fully saturated rings. The topological polar surface area (TPSA) is 56.5 Å². The van der Waals surface area contributed by atoms with E-state index in [2.05, 4.69) is 6.92 Å². The van der Waals surface area contributed by atoms with Crippen molar-refractivity contribution < 1.29 is 13.9 Å². The van der Waals surface area contributed by atoms with E-state index in [1.165, 1.54) is 6.07 Å². The van der Waals surface area contributed by atoms with Gasteiger partial charge in [-0.25, -0.2) is 4.79 Å². The smallest absolute Gasteiger partial charge is 0.336 e. The van der Waals surface area contributed by atoms with Crippen molar-refractivity contribution in [1.82, 2.24) is 0 Å². The third kappa shape index (κ3) is 3.79. The maximum Gasteiger partial charge on any atom is 0.336 e. The van der Waals surface area contributed by atoms with Crippen molar-refractivity contribution in [2.75, 3.05) is 0 Å². The van der Waals surface area contributed by atoms with Crippen molar-refractivity contribution in [3.05, 3.63) is 76.1 Å². The molecule has 0 aliphatic rings. The molecule has 0 radical (unpaired) electrons. The van der Waals surface area contributed by atoms with E-state index in [4.69, 9.17) is 9.15 Å². The van der Waals surface area contributed by atoms with Crippen molar-refractivity contribution in [3.63, 3.8) is 0 Å². The molecule has 4 nitrogen and oxygen atoms in total. The Hall–Kier alpha value is -2.88. The minimum Gasteiger partial charge on any atom is -0.482 e. The van der Waals surface area contributed by atoms with Gasteiger partial charge in [-0.2, -0.15) is 0 Å². The average molecular weight is 336 g/mol. The van der Waals surface area contributed by atoms with Gasteiger partial charge in [-0.15, -0.1) is 0 Å². The molecule has 3 rings (SSSR count). The zero-order valence-electron chi connectivity index (χ0n) is 14.3. The second-order valence-corrected chi connectivity index (χ2v) is 5.99. The molecule has 1 heterocycles. The molecule has 128 valence electrons. The molecule has 0 saturated heterocycles. The van der Waals surface area contributed by atoms with Crippen molar-refractivity contribution in [2.45, 2.75) is 32.8 Å². The summed E-state index contributed by atoms with van der Waals surface area (Å²) in [5, 5.41) is 0.899. The Labute approximate surface area is 146 Å². The van der Waals surface area contributed by atoms with Gasteiger partial charge in [0.1, 0.15) is 11.3 Å². The first-order valence-corrected chi connectivity index (χ1v) is 8.41. The van der Waals surface area contributed by atoms with E-state index in [1.54, 1.807) is 31.2 Å². The number of hydrogen-bond acceptors (Lipinski definition) is 4. The lowest BCUT2D eigenvalue weighted by atomic mass is 10.1. The second kappa shape index (κ2) is 7.34. The molecule has 1 atom stereocenters. The number of fused-ring (bicyclic) bond motifs is 1. The fourth-order valence-corrected chi connectivity index (χ4v) is 2.85. The Balaban J connectivity index is 1.87. The van der Waals surface area contributed by atoms with E-state index in [-0.39, 0.29) is 11.4 Å². The lowest BCUT2D eigenvalue weighted by Gasteiger charge is -2.14. The Bertz CT molecular complexity index is 941. The normalized spacial score (nSPS) is 12.1. The van der Waals surface area contributed by atoms with Gasteiger partial charge in [0.25, 0.3) is 0 Å². The molecule has 3 aromatic rings. The van der Waals surface area contributed by atoms with Crippen LogP contribution < -0.4 is 10.4 Å². The Morgan fingerprint density at radius 2 is 1.88 bits per heavy atom. The van der Waals surface area contributed by atoms with E-state index < -0.39 is 6.10 Å². The van der Waals surface area contributed by atoms with Gasteiger partial charge in [0, 0.05) is 23.1 Å². The van der Waals surface area contributed by atoms with E-state index in [1.807, 2.05) is 24.3 Å². The highest BCUT2D eigenvalue weighted by Gasteiger charge is 2.17. The number of carbonyl (C=O) groups excluding carboxylic acids is 1. The molecule has 0 bridgehead atoms. The largest absolute Gasteiger partial charge is 0.482 e. The number of carbonyl (C=O) groups is 1. The van der Waals surface area contributed by atoms with Crippen LogP contribution in [0.5, 0.6) is 5.75 Å². The third-order valence-electron chi connectivity index (χ3n) is 4.06. The summed E-state index contributed by atoms with van der Waals surface area (Å²) in [4.78, 5) is 24.2. The molecular formula is C21H20O4. The van der Waals surface area contributed by atoms with Gasteiger partial charge in [-0.1, -0.05) is 43.7 Å². The summed E-state index contributed by atoms with van der Waals surface area (Å²) < 4.78 is 11.1. The summed E-state index contributed by atoms with van der Waals surface area (Å²) >= 11 is 0. The van der Waals surface area contributed by atoms with Gasteiger partial charge >= 0.3 is 5.63 Å². The fourth-order valence-electron chi connectivity index (χ4n) is 2.85. The predicted octanol–water partition coefficient (Wildman–Crippen LogP) is 4.40. The zero-order valence-corrected chi connectivity index (χ0v) is 14.3. The summed E-state index contributed by atoms with van der Waals surface area (Å²) in [6.45, 7) is 3.78. The van der Waals surface area contributed by atoms with Crippen LogP contribution in [0.3, 0.4) is 0 Å². The molecule has 0 spiro atoms. The van der Waals surface area contributed by atoms with Crippen LogP contribution in [0, 0.1) is 0 Å². The molecule has 0 aliphatic heterocycles. The first-order chi connectivity index (χ1) is 12.1. The SMILES string of the molecule is CCCc1cc(=O)oc2cc(OC(C)C(=O)c3ccccc3)ccc12. The van der Waals surface area contributed by atoms with Crippen LogP contribution in [-0.4, -0.2) is 11.9 Å². The number of aryl methyl sites for hydroxylation is 1. The lowest BCUT2D eigenvalue weighted by molar-refractivity contribution is 0.0818. The van der Waals surface area contributed by atoms with Gasteiger partial charge in [0.2, 0.25) is 5.78 Å². The highest BCUT2D eigenvalue weighted by atomic mass is 16.5. The fraction of sp³-hybridized carbons (Fsp3) is 0.238. The molecule has 4 heteroatoms. The van der Waals surface area contributed by atoms with E-state index in [9.17, 15) is 9.59 Å². The van der Waals surface area contributed by atoms with Crippen molar-refractivity contribution in [1.29, 1.82) is 0 Å². The Morgan fingerprint density at radius 3 is 2.60 bits per heavy atom. The minimum absolute atomic E-state index is 0.0955. The lowest BCUT2D eigenvalue weighted by Crippen LogP contribution is -2.23. The molecule has 0 saturated carbocycles.